The molecule has 5 rings (SSSR count). The van der Waals surface area contributed by atoms with Gasteiger partial charge in [-0.1, -0.05) is 12.1 Å². The first-order valence-electron chi connectivity index (χ1n) is 15.2. The van der Waals surface area contributed by atoms with Crippen LogP contribution >= 0.6 is 0 Å². The number of hydrogen-bond donors (Lipinski definition) is 4. The van der Waals surface area contributed by atoms with Gasteiger partial charge < -0.3 is 39.5 Å². The van der Waals surface area contributed by atoms with Gasteiger partial charge in [-0.3, -0.25) is 19.4 Å². The Morgan fingerprint density at radius 2 is 1.76 bits per heavy atom. The Morgan fingerprint density at radius 3 is 2.38 bits per heavy atom. The molecule has 1 aliphatic heterocycles. The largest absolute Gasteiger partial charge is 0.507 e. The molecule has 1 saturated heterocycles. The number of amidine groups is 1. The van der Waals surface area contributed by atoms with E-state index < -0.39 is 82.6 Å². The van der Waals surface area contributed by atoms with Crippen LogP contribution in [0.5, 0.6) is 17.2 Å². The zero-order chi connectivity index (χ0) is 33.0. The number of nitrogens with zero attached hydrogens (tertiary/aromatic N) is 2. The maximum absolute atomic E-state index is 13.8. The number of aliphatic imine (C=N–C) groups is 1. The maximum Gasteiger partial charge on any atom is 0.202 e. The molecule has 2 aromatic rings. The first-order valence-corrected chi connectivity index (χ1v) is 15.2. The fourth-order valence-corrected chi connectivity index (χ4v) is 6.73. The number of methoxy groups -OCH3 is 1. The number of fused-ring (bicyclic) bond motifs is 3. The molecule has 1 fully saturated rings. The van der Waals surface area contributed by atoms with Gasteiger partial charge in [0, 0.05) is 49.0 Å². The average Bonchev–Trinajstić information content (AvgIpc) is 3.00. The Hall–Kier alpha value is -3.84. The van der Waals surface area contributed by atoms with E-state index in [2.05, 4.69) is 0 Å². The van der Waals surface area contributed by atoms with Gasteiger partial charge in [0.25, 0.3) is 0 Å². The number of ketones is 3. The molecule has 5 unspecified atom stereocenters. The molecule has 0 aromatic heterocycles. The van der Waals surface area contributed by atoms with Crippen LogP contribution in [0.1, 0.15) is 96.5 Å². The van der Waals surface area contributed by atoms with Crippen LogP contribution < -0.4 is 4.74 Å². The van der Waals surface area contributed by atoms with E-state index in [1.165, 1.54) is 32.2 Å². The summed E-state index contributed by atoms with van der Waals surface area (Å²) in [4.78, 5) is 47.0. The van der Waals surface area contributed by atoms with Gasteiger partial charge in [0.15, 0.2) is 17.9 Å². The van der Waals surface area contributed by atoms with Gasteiger partial charge in [0.05, 0.1) is 47.9 Å². The van der Waals surface area contributed by atoms with Crippen LogP contribution in [0.2, 0.25) is 0 Å². The highest BCUT2D eigenvalue weighted by Gasteiger charge is 2.49. The molecule has 0 saturated carbocycles. The zero-order valence-corrected chi connectivity index (χ0v) is 26.3. The van der Waals surface area contributed by atoms with Crippen molar-refractivity contribution < 1.29 is 49.0 Å². The van der Waals surface area contributed by atoms with Crippen LogP contribution in [0.15, 0.2) is 23.2 Å². The monoisotopic (exact) mass is 624 g/mol. The topological polar surface area (TPSA) is 175 Å². The molecule has 3 aliphatic rings. The molecule has 2 aliphatic carbocycles. The molecule has 2 aromatic carbocycles. The number of phenols is 2. The van der Waals surface area contributed by atoms with Crippen molar-refractivity contribution in [3.05, 3.63) is 51.6 Å². The first-order chi connectivity index (χ1) is 21.3. The fourth-order valence-electron chi connectivity index (χ4n) is 6.73. The highest BCUT2D eigenvalue weighted by atomic mass is 16.7. The molecule has 4 N–H and O–H groups in total. The summed E-state index contributed by atoms with van der Waals surface area (Å²) in [6.45, 7) is 10.2. The average molecular weight is 625 g/mol. The summed E-state index contributed by atoms with van der Waals surface area (Å²) in [5, 5.41) is 45.5. The molecular formula is C33H40N2O10. The van der Waals surface area contributed by atoms with Gasteiger partial charge in [-0.15, -0.1) is 0 Å². The Balaban J connectivity index is 1.60. The third kappa shape index (κ3) is 5.39. The fraction of sp³-hybridized carbons (Fsp3) is 0.515. The van der Waals surface area contributed by atoms with Crippen molar-refractivity contribution in [3.63, 3.8) is 0 Å². The van der Waals surface area contributed by atoms with E-state index in [0.29, 0.717) is 0 Å². The summed E-state index contributed by atoms with van der Waals surface area (Å²) >= 11 is 0. The minimum absolute atomic E-state index is 0.0123. The molecule has 242 valence electrons. The number of aliphatic hydroxyl groups is 2. The van der Waals surface area contributed by atoms with Crippen LogP contribution in [0.4, 0.5) is 0 Å². The minimum Gasteiger partial charge on any atom is -0.507 e. The Kier molecular flexibility index (Phi) is 8.80. The summed E-state index contributed by atoms with van der Waals surface area (Å²) in [5.74, 6) is -2.42. The molecule has 0 radical (unpaired) electrons. The quantitative estimate of drug-likeness (QED) is 0.173. The Morgan fingerprint density at radius 1 is 1.09 bits per heavy atom. The second-order valence-corrected chi connectivity index (χ2v) is 11.9. The van der Waals surface area contributed by atoms with E-state index in [1.807, 2.05) is 25.7 Å². The van der Waals surface area contributed by atoms with E-state index in [0.717, 1.165) is 18.9 Å². The van der Waals surface area contributed by atoms with Crippen molar-refractivity contribution in [2.45, 2.75) is 90.1 Å². The van der Waals surface area contributed by atoms with Crippen molar-refractivity contribution in [1.29, 1.82) is 0 Å². The van der Waals surface area contributed by atoms with Gasteiger partial charge in [0.1, 0.15) is 29.0 Å². The number of hydrogen-bond acceptors (Lipinski definition) is 11. The lowest BCUT2D eigenvalue weighted by atomic mass is 9.72. The van der Waals surface area contributed by atoms with Gasteiger partial charge in [-0.05, 0) is 40.7 Å². The van der Waals surface area contributed by atoms with Crippen LogP contribution in [0.3, 0.4) is 0 Å². The molecule has 0 amide bonds. The second kappa shape index (κ2) is 12.2. The van der Waals surface area contributed by atoms with Crippen molar-refractivity contribution in [2.24, 2.45) is 4.99 Å². The predicted molar refractivity (Wildman–Crippen MR) is 162 cm³/mol. The predicted octanol–water partition coefficient (Wildman–Crippen LogP) is 2.83. The van der Waals surface area contributed by atoms with Crippen LogP contribution in [0, 0.1) is 0 Å². The van der Waals surface area contributed by atoms with Crippen molar-refractivity contribution >= 4 is 23.2 Å². The Bertz CT molecular complexity index is 1580. The number of carbonyl (C=O) groups is 3. The molecule has 12 heteroatoms. The number of carbonyl (C=O) groups excluding carboxylic acids is 3. The van der Waals surface area contributed by atoms with Crippen molar-refractivity contribution in [3.8, 4) is 17.2 Å². The summed E-state index contributed by atoms with van der Waals surface area (Å²) in [5.41, 5.74) is -3.03. The maximum atomic E-state index is 13.8. The van der Waals surface area contributed by atoms with E-state index in [9.17, 15) is 34.8 Å². The zero-order valence-electron chi connectivity index (χ0n) is 26.3. The third-order valence-corrected chi connectivity index (χ3v) is 9.30. The van der Waals surface area contributed by atoms with E-state index in [4.69, 9.17) is 19.2 Å². The number of phenolic OH excluding ortho intramolecular Hbond substituents is 2. The molecular weight excluding hydrogens is 584 g/mol. The standard InChI is InChI=1S/C33H40N2O10/c1-7-35(8-2)17(5)34-20-12-23(44-15(3)28(20)37)45-22-14-33(42,16(4)36)13-19-25(22)32(41)27-26(30(19)39)29(38)18-10-9-11-21(43-6)24(18)31(27)40/h9-11,15,20,22-23,28,37,39,41-42H,7-8,12-14H2,1-6H3/t15?,20?,22-,23?,28?,33?/m0/s1. The number of benzene rings is 2. The number of ether oxygens (including phenoxy) is 3. The lowest BCUT2D eigenvalue weighted by Crippen LogP contribution is -2.49. The Labute approximate surface area is 261 Å². The normalized spacial score (nSPS) is 27.8. The summed E-state index contributed by atoms with van der Waals surface area (Å²) < 4.78 is 17.6. The smallest absolute Gasteiger partial charge is 0.202 e. The third-order valence-electron chi connectivity index (χ3n) is 9.30. The second-order valence-electron chi connectivity index (χ2n) is 11.9. The summed E-state index contributed by atoms with van der Waals surface area (Å²) in [7, 11) is 1.35. The van der Waals surface area contributed by atoms with E-state index >= 15 is 0 Å². The lowest BCUT2D eigenvalue weighted by molar-refractivity contribution is -0.247. The molecule has 0 bridgehead atoms. The van der Waals surface area contributed by atoms with Crippen LogP contribution in [0.25, 0.3) is 0 Å². The minimum atomic E-state index is -2.02. The highest BCUT2D eigenvalue weighted by Crippen LogP contribution is 2.52. The van der Waals surface area contributed by atoms with Crippen LogP contribution in [-0.4, -0.2) is 98.9 Å². The number of aromatic hydroxyl groups is 2. The molecule has 0 spiro atoms. The first kappa shape index (κ1) is 32.6. The molecule has 45 heavy (non-hydrogen) atoms. The SMILES string of the molecule is CCN(CC)C(C)=NC1CC(O[C@H]2CC(O)(C(C)=O)Cc3c(O)c4c(c(O)c32)C(=O)c2c(OC)cccc2C4=O)OC(C)C1O. The van der Waals surface area contributed by atoms with Gasteiger partial charge in [0.2, 0.25) is 5.78 Å². The van der Waals surface area contributed by atoms with Crippen molar-refractivity contribution in [1.82, 2.24) is 4.90 Å². The van der Waals surface area contributed by atoms with Gasteiger partial charge in [-0.2, -0.15) is 0 Å². The molecule has 12 nitrogen and oxygen atoms in total. The van der Waals surface area contributed by atoms with Crippen LogP contribution in [-0.2, 0) is 20.7 Å². The van der Waals surface area contributed by atoms with E-state index in [1.54, 1.807) is 6.92 Å². The number of rotatable bonds is 7. The highest BCUT2D eigenvalue weighted by molar-refractivity contribution is 6.31. The number of Topliss-reactive ketones (excluding diaryl/α,β-unsaturated/α-hetero) is 1. The lowest BCUT2D eigenvalue weighted by Gasteiger charge is -2.42. The summed E-state index contributed by atoms with van der Waals surface area (Å²) in [6, 6.07) is 3.86. The van der Waals surface area contributed by atoms with Gasteiger partial charge >= 0.3 is 0 Å². The summed E-state index contributed by atoms with van der Waals surface area (Å²) in [6.07, 6.45) is -4.55. The number of aliphatic hydroxyl groups excluding tert-OH is 1. The van der Waals surface area contributed by atoms with Crippen molar-refractivity contribution in [2.75, 3.05) is 20.2 Å². The molecule has 1 heterocycles. The van der Waals surface area contributed by atoms with Gasteiger partial charge in [-0.25, -0.2) is 0 Å². The van der Waals surface area contributed by atoms with E-state index in [-0.39, 0.29) is 40.8 Å². The molecule has 6 atom stereocenters.